The van der Waals surface area contributed by atoms with Gasteiger partial charge in [0.25, 0.3) is 0 Å². The van der Waals surface area contributed by atoms with Crippen LogP contribution in [0.1, 0.15) is 0 Å². The van der Waals surface area contributed by atoms with E-state index in [0.29, 0.717) is 6.54 Å². The molecular formula is C4H12ClNO2. The lowest BCUT2D eigenvalue weighted by atomic mass is 10.4. The normalized spacial score (nSPS) is 12.4. The molecular weight excluding hydrogens is 130 g/mol. The van der Waals surface area contributed by atoms with Crippen LogP contribution in [0.3, 0.4) is 0 Å². The van der Waals surface area contributed by atoms with Gasteiger partial charge in [0.2, 0.25) is 0 Å². The molecule has 0 aliphatic heterocycles. The second-order valence-corrected chi connectivity index (χ2v) is 1.28. The Kier molecular flexibility index (Phi) is 9.89. The van der Waals surface area contributed by atoms with Gasteiger partial charge in [-0.25, -0.2) is 0 Å². The fraction of sp³-hybridized carbons (Fsp3) is 1.00. The topological polar surface area (TPSA) is 55.5 Å². The first-order chi connectivity index (χ1) is 3.35. The number of hydrogen-bond donors (Lipinski definition) is 2. The molecule has 0 fully saturated rings. The largest absolute Gasteiger partial charge is 0.394 e. The molecule has 0 aromatic heterocycles. The van der Waals surface area contributed by atoms with Crippen molar-refractivity contribution in [1.29, 1.82) is 0 Å². The van der Waals surface area contributed by atoms with Crippen molar-refractivity contribution in [2.45, 2.75) is 6.10 Å². The molecule has 52 valence electrons. The second-order valence-electron chi connectivity index (χ2n) is 1.28. The summed E-state index contributed by atoms with van der Waals surface area (Å²) in [6, 6.07) is 0. The lowest BCUT2D eigenvalue weighted by molar-refractivity contribution is 0.0553. The third-order valence-electron chi connectivity index (χ3n) is 0.800. The van der Waals surface area contributed by atoms with Crippen molar-refractivity contribution >= 4 is 12.4 Å². The van der Waals surface area contributed by atoms with Crippen molar-refractivity contribution in [3.63, 3.8) is 0 Å². The molecule has 3 N–H and O–H groups in total. The van der Waals surface area contributed by atoms with E-state index < -0.39 is 0 Å². The molecule has 3 nitrogen and oxygen atoms in total. The lowest BCUT2D eigenvalue weighted by Crippen LogP contribution is -2.25. The maximum Gasteiger partial charge on any atom is 0.0923 e. The van der Waals surface area contributed by atoms with Gasteiger partial charge in [0.05, 0.1) is 12.7 Å². The van der Waals surface area contributed by atoms with Crippen molar-refractivity contribution in [3.8, 4) is 0 Å². The highest BCUT2D eigenvalue weighted by atomic mass is 35.5. The summed E-state index contributed by atoms with van der Waals surface area (Å²) in [4.78, 5) is 0. The van der Waals surface area contributed by atoms with Crippen molar-refractivity contribution in [2.24, 2.45) is 5.73 Å². The Bertz CT molecular complexity index is 35.5. The molecule has 0 radical (unpaired) electrons. The van der Waals surface area contributed by atoms with Crippen LogP contribution in [0.4, 0.5) is 0 Å². The third-order valence-corrected chi connectivity index (χ3v) is 0.800. The lowest BCUT2D eigenvalue weighted by Gasteiger charge is -2.06. The Balaban J connectivity index is 0. The molecule has 0 heterocycles. The van der Waals surface area contributed by atoms with Crippen molar-refractivity contribution in [1.82, 2.24) is 0 Å². The molecule has 4 heteroatoms. The summed E-state index contributed by atoms with van der Waals surface area (Å²) >= 11 is 0. The zero-order chi connectivity index (χ0) is 5.70. The molecule has 0 spiro atoms. The minimum Gasteiger partial charge on any atom is -0.394 e. The van der Waals surface area contributed by atoms with Crippen LogP contribution in [0.2, 0.25) is 0 Å². The third kappa shape index (κ3) is 4.33. The van der Waals surface area contributed by atoms with E-state index in [9.17, 15) is 0 Å². The molecule has 8 heavy (non-hydrogen) atoms. The summed E-state index contributed by atoms with van der Waals surface area (Å²) in [6.07, 6.45) is -0.181. The van der Waals surface area contributed by atoms with Gasteiger partial charge in [-0.15, -0.1) is 12.4 Å². The average molecular weight is 142 g/mol. The van der Waals surface area contributed by atoms with E-state index in [-0.39, 0.29) is 25.1 Å². The Morgan fingerprint density at radius 2 is 2.25 bits per heavy atom. The van der Waals surface area contributed by atoms with E-state index in [1.54, 1.807) is 0 Å². The standard InChI is InChI=1S/C4H11NO2.ClH/c1-7-4(2-5)3-6;/h4,6H,2-3,5H2,1H3;1H/t4-;/m0./s1. The first-order valence-electron chi connectivity index (χ1n) is 2.18. The molecule has 0 saturated carbocycles. The number of aliphatic hydroxyl groups is 1. The average Bonchev–Trinajstić information content (AvgIpc) is 1.72. The van der Waals surface area contributed by atoms with Crippen LogP contribution in [-0.4, -0.2) is 31.5 Å². The van der Waals surface area contributed by atoms with Gasteiger partial charge < -0.3 is 15.6 Å². The molecule has 0 saturated heterocycles. The second kappa shape index (κ2) is 7.17. The smallest absolute Gasteiger partial charge is 0.0923 e. The quantitative estimate of drug-likeness (QED) is 0.551. The van der Waals surface area contributed by atoms with Crippen molar-refractivity contribution in [3.05, 3.63) is 0 Å². The van der Waals surface area contributed by atoms with E-state index >= 15 is 0 Å². The summed E-state index contributed by atoms with van der Waals surface area (Å²) in [7, 11) is 1.52. The number of rotatable bonds is 3. The summed E-state index contributed by atoms with van der Waals surface area (Å²) in [5.41, 5.74) is 5.11. The number of hydrogen-bond acceptors (Lipinski definition) is 3. The molecule has 0 aromatic rings. The Hall–Kier alpha value is 0.170. The summed E-state index contributed by atoms with van der Waals surface area (Å²) in [5, 5.41) is 8.32. The van der Waals surface area contributed by atoms with Gasteiger partial charge in [0.1, 0.15) is 0 Å². The predicted octanol–water partition coefficient (Wildman–Crippen LogP) is -0.626. The fourth-order valence-corrected chi connectivity index (χ4v) is 0.245. The van der Waals surface area contributed by atoms with E-state index in [2.05, 4.69) is 4.74 Å². The number of ether oxygens (including phenoxy) is 1. The first kappa shape index (κ1) is 11.0. The van der Waals surface area contributed by atoms with E-state index in [4.69, 9.17) is 10.8 Å². The number of nitrogens with two attached hydrogens (primary N) is 1. The summed E-state index contributed by atoms with van der Waals surface area (Å²) in [5.74, 6) is 0. The first-order valence-corrected chi connectivity index (χ1v) is 2.18. The highest BCUT2D eigenvalue weighted by molar-refractivity contribution is 5.85. The predicted molar refractivity (Wildman–Crippen MR) is 34.2 cm³/mol. The van der Waals surface area contributed by atoms with Crippen molar-refractivity contribution in [2.75, 3.05) is 20.3 Å². The highest BCUT2D eigenvalue weighted by Crippen LogP contribution is 1.80. The van der Waals surface area contributed by atoms with Crippen LogP contribution in [0.5, 0.6) is 0 Å². The van der Waals surface area contributed by atoms with Gasteiger partial charge in [-0.3, -0.25) is 0 Å². The molecule has 0 aliphatic carbocycles. The van der Waals surface area contributed by atoms with Crippen LogP contribution in [0.15, 0.2) is 0 Å². The molecule has 0 aliphatic rings. The Morgan fingerprint density at radius 1 is 1.75 bits per heavy atom. The fourth-order valence-electron chi connectivity index (χ4n) is 0.245. The summed E-state index contributed by atoms with van der Waals surface area (Å²) < 4.78 is 4.67. The molecule has 1 atom stereocenters. The number of methoxy groups -OCH3 is 1. The van der Waals surface area contributed by atoms with Gasteiger partial charge in [-0.1, -0.05) is 0 Å². The molecule has 0 rings (SSSR count). The minimum absolute atomic E-state index is 0. The molecule has 0 bridgehead atoms. The van der Waals surface area contributed by atoms with E-state index in [1.165, 1.54) is 7.11 Å². The SMILES string of the molecule is CO[C@@H](CN)CO.Cl. The zero-order valence-electron chi connectivity index (χ0n) is 4.83. The van der Waals surface area contributed by atoms with Gasteiger partial charge in [-0.05, 0) is 0 Å². The van der Waals surface area contributed by atoms with Crippen LogP contribution >= 0.6 is 12.4 Å². The van der Waals surface area contributed by atoms with Crippen LogP contribution in [0, 0.1) is 0 Å². The maximum atomic E-state index is 8.32. The van der Waals surface area contributed by atoms with Crippen LogP contribution < -0.4 is 5.73 Å². The molecule has 0 amide bonds. The molecule has 0 aromatic carbocycles. The van der Waals surface area contributed by atoms with Gasteiger partial charge in [-0.2, -0.15) is 0 Å². The Labute approximate surface area is 55.2 Å². The number of halogens is 1. The Morgan fingerprint density at radius 3 is 2.25 bits per heavy atom. The number of aliphatic hydroxyl groups excluding tert-OH is 1. The minimum atomic E-state index is -0.181. The zero-order valence-corrected chi connectivity index (χ0v) is 5.65. The maximum absolute atomic E-state index is 8.32. The monoisotopic (exact) mass is 141 g/mol. The van der Waals surface area contributed by atoms with E-state index in [1.807, 2.05) is 0 Å². The van der Waals surface area contributed by atoms with Crippen molar-refractivity contribution < 1.29 is 9.84 Å². The van der Waals surface area contributed by atoms with E-state index in [0.717, 1.165) is 0 Å². The van der Waals surface area contributed by atoms with Gasteiger partial charge in [0.15, 0.2) is 0 Å². The summed E-state index contributed by atoms with van der Waals surface area (Å²) in [6.45, 7) is 0.389. The van der Waals surface area contributed by atoms with Gasteiger partial charge >= 0.3 is 0 Å². The van der Waals surface area contributed by atoms with Gasteiger partial charge in [0, 0.05) is 13.7 Å². The van der Waals surface area contributed by atoms with Crippen LogP contribution in [0.25, 0.3) is 0 Å². The highest BCUT2D eigenvalue weighted by Gasteiger charge is 1.98. The van der Waals surface area contributed by atoms with Crippen LogP contribution in [-0.2, 0) is 4.74 Å². The molecule has 0 unspecified atom stereocenters.